The Balaban J connectivity index is 1.80. The molecule has 0 bridgehead atoms. The lowest BCUT2D eigenvalue weighted by atomic mass is 10.0. The number of hydrogen-bond acceptors (Lipinski definition) is 4. The molecule has 1 aliphatic rings. The SMILES string of the molecule is CC(=O)N1CCCC(n2c(/C=C/c3ccc(C#N)cc3)nc3ccccc3c2=O)C1. The Hall–Kier alpha value is -3.72. The predicted molar refractivity (Wildman–Crippen MR) is 117 cm³/mol. The second kappa shape index (κ2) is 8.34. The molecule has 3 aromatic rings. The number of nitrogens with zero attached hydrogens (tertiary/aromatic N) is 4. The molecule has 1 amide bonds. The Morgan fingerprint density at radius 3 is 2.67 bits per heavy atom. The number of carbonyl (C=O) groups excluding carboxylic acids is 1. The molecule has 150 valence electrons. The molecule has 1 atom stereocenters. The molecule has 1 aliphatic heterocycles. The zero-order valence-electron chi connectivity index (χ0n) is 16.8. The van der Waals surface area contributed by atoms with Crippen LogP contribution in [0.4, 0.5) is 0 Å². The summed E-state index contributed by atoms with van der Waals surface area (Å²) in [7, 11) is 0. The number of hydrogen-bond donors (Lipinski definition) is 0. The van der Waals surface area contributed by atoms with E-state index in [0.29, 0.717) is 28.8 Å². The standard InChI is InChI=1S/C24H22N4O2/c1-17(29)27-14-4-5-20(16-27)28-23(13-12-18-8-10-19(15-25)11-9-18)26-22-7-3-2-6-21(22)24(28)30/h2-3,6-13,20H,4-5,14,16H2,1H3/b13-12+. The van der Waals surface area contributed by atoms with Crippen LogP contribution < -0.4 is 5.56 Å². The van der Waals surface area contributed by atoms with Gasteiger partial charge in [0.1, 0.15) is 5.82 Å². The molecule has 1 unspecified atom stereocenters. The van der Waals surface area contributed by atoms with Gasteiger partial charge in [0.25, 0.3) is 5.56 Å². The van der Waals surface area contributed by atoms with Crippen molar-refractivity contribution in [2.24, 2.45) is 0 Å². The Kier molecular flexibility index (Phi) is 5.44. The van der Waals surface area contributed by atoms with Crippen molar-refractivity contribution in [3.63, 3.8) is 0 Å². The van der Waals surface area contributed by atoms with Crippen molar-refractivity contribution in [3.05, 3.63) is 75.8 Å². The van der Waals surface area contributed by atoms with Gasteiger partial charge in [0.05, 0.1) is 28.6 Å². The molecular formula is C24H22N4O2. The summed E-state index contributed by atoms with van der Waals surface area (Å²) in [5.41, 5.74) is 2.07. The summed E-state index contributed by atoms with van der Waals surface area (Å²) in [4.78, 5) is 31.8. The first-order chi connectivity index (χ1) is 14.6. The minimum atomic E-state index is -0.118. The van der Waals surface area contributed by atoms with Crippen molar-refractivity contribution < 1.29 is 4.79 Å². The van der Waals surface area contributed by atoms with Gasteiger partial charge in [-0.3, -0.25) is 14.2 Å². The summed E-state index contributed by atoms with van der Waals surface area (Å²) < 4.78 is 1.73. The molecule has 0 N–H and O–H groups in total. The molecular weight excluding hydrogens is 376 g/mol. The average molecular weight is 398 g/mol. The summed E-state index contributed by atoms with van der Waals surface area (Å²) >= 11 is 0. The lowest BCUT2D eigenvalue weighted by molar-refractivity contribution is -0.130. The van der Waals surface area contributed by atoms with Crippen LogP contribution >= 0.6 is 0 Å². The van der Waals surface area contributed by atoms with Crippen LogP contribution in [0.15, 0.2) is 53.3 Å². The van der Waals surface area contributed by atoms with Gasteiger partial charge in [-0.25, -0.2) is 4.98 Å². The zero-order valence-corrected chi connectivity index (χ0v) is 16.8. The zero-order chi connectivity index (χ0) is 21.1. The van der Waals surface area contributed by atoms with Gasteiger partial charge >= 0.3 is 0 Å². The van der Waals surface area contributed by atoms with Crippen molar-refractivity contribution in [2.45, 2.75) is 25.8 Å². The van der Waals surface area contributed by atoms with Crippen LogP contribution in [0.1, 0.15) is 42.8 Å². The van der Waals surface area contributed by atoms with E-state index in [0.717, 1.165) is 24.9 Å². The summed E-state index contributed by atoms with van der Waals surface area (Å²) in [5.74, 6) is 0.592. The number of benzene rings is 2. The molecule has 0 spiro atoms. The van der Waals surface area contributed by atoms with E-state index in [2.05, 4.69) is 6.07 Å². The highest BCUT2D eigenvalue weighted by Gasteiger charge is 2.25. The average Bonchev–Trinajstić information content (AvgIpc) is 2.78. The fourth-order valence-corrected chi connectivity index (χ4v) is 3.92. The van der Waals surface area contributed by atoms with E-state index in [-0.39, 0.29) is 17.5 Å². The van der Waals surface area contributed by atoms with Crippen molar-refractivity contribution in [1.29, 1.82) is 5.26 Å². The molecule has 1 saturated heterocycles. The number of likely N-dealkylation sites (tertiary alicyclic amines) is 1. The van der Waals surface area contributed by atoms with Crippen LogP contribution in [0.5, 0.6) is 0 Å². The Morgan fingerprint density at radius 1 is 1.17 bits per heavy atom. The van der Waals surface area contributed by atoms with Gasteiger partial charge in [0.2, 0.25) is 5.91 Å². The number of nitriles is 1. The fraction of sp³-hybridized carbons (Fsp3) is 0.250. The molecule has 1 aromatic heterocycles. The Bertz CT molecular complexity index is 1220. The summed E-state index contributed by atoms with van der Waals surface area (Å²) in [6, 6.07) is 16.6. The number of piperidine rings is 1. The van der Waals surface area contributed by atoms with Crippen LogP contribution in [-0.2, 0) is 4.79 Å². The van der Waals surface area contributed by atoms with Gasteiger partial charge in [-0.15, -0.1) is 0 Å². The molecule has 0 radical (unpaired) electrons. The van der Waals surface area contributed by atoms with Crippen LogP contribution in [0.25, 0.3) is 23.1 Å². The van der Waals surface area contributed by atoms with E-state index in [9.17, 15) is 9.59 Å². The highest BCUT2D eigenvalue weighted by molar-refractivity contribution is 5.79. The molecule has 4 rings (SSSR count). The van der Waals surface area contributed by atoms with E-state index >= 15 is 0 Å². The summed E-state index contributed by atoms with van der Waals surface area (Å²) in [5, 5.41) is 9.54. The molecule has 2 heterocycles. The molecule has 1 fully saturated rings. The third kappa shape index (κ3) is 3.87. The van der Waals surface area contributed by atoms with Crippen LogP contribution in [0.3, 0.4) is 0 Å². The minimum absolute atomic E-state index is 0.0242. The molecule has 30 heavy (non-hydrogen) atoms. The van der Waals surface area contributed by atoms with Crippen LogP contribution in [0.2, 0.25) is 0 Å². The largest absolute Gasteiger partial charge is 0.341 e. The Morgan fingerprint density at radius 2 is 1.93 bits per heavy atom. The molecule has 2 aromatic carbocycles. The third-order valence-electron chi connectivity index (χ3n) is 5.51. The smallest absolute Gasteiger partial charge is 0.261 e. The van der Waals surface area contributed by atoms with Crippen LogP contribution in [-0.4, -0.2) is 33.4 Å². The summed E-state index contributed by atoms with van der Waals surface area (Å²) in [6.45, 7) is 2.79. The maximum Gasteiger partial charge on any atom is 0.261 e. The number of rotatable bonds is 3. The van der Waals surface area contributed by atoms with E-state index in [4.69, 9.17) is 10.2 Å². The maximum atomic E-state index is 13.4. The number of carbonyl (C=O) groups is 1. The fourth-order valence-electron chi connectivity index (χ4n) is 3.92. The second-order valence-electron chi connectivity index (χ2n) is 7.49. The Labute approximate surface area is 174 Å². The number of fused-ring (bicyclic) bond motifs is 1. The third-order valence-corrected chi connectivity index (χ3v) is 5.51. The number of aromatic nitrogens is 2. The van der Waals surface area contributed by atoms with Crippen molar-refractivity contribution >= 4 is 29.0 Å². The van der Waals surface area contributed by atoms with Gasteiger partial charge in [-0.1, -0.05) is 30.3 Å². The lowest BCUT2D eigenvalue weighted by Gasteiger charge is -2.33. The van der Waals surface area contributed by atoms with Gasteiger partial charge in [0.15, 0.2) is 0 Å². The van der Waals surface area contributed by atoms with Crippen molar-refractivity contribution in [3.8, 4) is 6.07 Å². The van der Waals surface area contributed by atoms with Gasteiger partial charge < -0.3 is 4.90 Å². The predicted octanol–water partition coefficient (Wildman–Crippen LogP) is 3.62. The van der Waals surface area contributed by atoms with Crippen LogP contribution in [0, 0.1) is 11.3 Å². The molecule has 6 nitrogen and oxygen atoms in total. The lowest BCUT2D eigenvalue weighted by Crippen LogP contribution is -2.42. The first kappa shape index (κ1) is 19.6. The normalized spacial score (nSPS) is 16.7. The van der Waals surface area contributed by atoms with Crippen molar-refractivity contribution in [2.75, 3.05) is 13.1 Å². The van der Waals surface area contributed by atoms with E-state index < -0.39 is 0 Å². The van der Waals surface area contributed by atoms with Crippen molar-refractivity contribution in [1.82, 2.24) is 14.5 Å². The van der Waals surface area contributed by atoms with Gasteiger partial charge in [-0.05, 0) is 48.7 Å². The van der Waals surface area contributed by atoms with E-state index in [1.54, 1.807) is 34.6 Å². The number of para-hydroxylation sites is 1. The number of amides is 1. The molecule has 0 saturated carbocycles. The highest BCUT2D eigenvalue weighted by Crippen LogP contribution is 2.23. The first-order valence-corrected chi connectivity index (χ1v) is 10.0. The van der Waals surface area contributed by atoms with E-state index in [1.165, 1.54) is 0 Å². The molecule has 6 heteroatoms. The first-order valence-electron chi connectivity index (χ1n) is 10.0. The maximum absolute atomic E-state index is 13.4. The quantitative estimate of drug-likeness (QED) is 0.675. The van der Waals surface area contributed by atoms with Gasteiger partial charge in [-0.2, -0.15) is 5.26 Å². The summed E-state index contributed by atoms with van der Waals surface area (Å²) in [6.07, 6.45) is 5.39. The monoisotopic (exact) mass is 398 g/mol. The van der Waals surface area contributed by atoms with Gasteiger partial charge in [0, 0.05) is 20.0 Å². The minimum Gasteiger partial charge on any atom is -0.341 e. The topological polar surface area (TPSA) is 79.0 Å². The molecule has 0 aliphatic carbocycles. The highest BCUT2D eigenvalue weighted by atomic mass is 16.2. The van der Waals surface area contributed by atoms with E-state index in [1.807, 2.05) is 42.5 Å². The second-order valence-corrected chi connectivity index (χ2v) is 7.49.